The molecule has 2 saturated carbocycles. The Kier molecular flexibility index (Phi) is 6.63. The quantitative estimate of drug-likeness (QED) is 0.586. The number of alkyl carbamates (subject to hydrolysis) is 1. The van der Waals surface area contributed by atoms with Crippen LogP contribution in [0.3, 0.4) is 0 Å². The Morgan fingerprint density at radius 2 is 1.97 bits per heavy atom. The Labute approximate surface area is 190 Å². The van der Waals surface area contributed by atoms with Crippen molar-refractivity contribution < 1.29 is 13.9 Å². The first-order chi connectivity index (χ1) is 15.3. The van der Waals surface area contributed by atoms with E-state index in [-0.39, 0.29) is 23.9 Å². The van der Waals surface area contributed by atoms with Crippen molar-refractivity contribution in [3.8, 4) is 11.1 Å². The van der Waals surface area contributed by atoms with E-state index in [0.717, 1.165) is 23.2 Å². The number of halogens is 1. The van der Waals surface area contributed by atoms with Gasteiger partial charge >= 0.3 is 6.09 Å². The molecule has 2 aliphatic rings. The second kappa shape index (κ2) is 9.43. The van der Waals surface area contributed by atoms with E-state index in [0.29, 0.717) is 11.8 Å². The number of carbonyl (C=O) groups excluding carboxylic acids is 1. The number of fused-ring (bicyclic) bond motifs is 1. The van der Waals surface area contributed by atoms with Crippen molar-refractivity contribution in [2.45, 2.75) is 64.5 Å². The largest absolute Gasteiger partial charge is 0.444 e. The molecule has 170 valence electrons. The number of amides is 1. The molecule has 4 atom stereocenters. The van der Waals surface area contributed by atoms with Crippen LogP contribution in [0.25, 0.3) is 17.2 Å². The third-order valence-electron chi connectivity index (χ3n) is 6.62. The van der Waals surface area contributed by atoms with Gasteiger partial charge in [-0.05, 0) is 75.3 Å². The van der Waals surface area contributed by atoms with Crippen LogP contribution in [-0.2, 0) is 4.74 Å². The molecular weight excluding hydrogens is 403 g/mol. The summed E-state index contributed by atoms with van der Waals surface area (Å²) >= 11 is 0. The van der Waals surface area contributed by atoms with Crippen LogP contribution in [0.1, 0.15) is 58.6 Å². The number of hydrogen-bond donors (Lipinski definition) is 1. The van der Waals surface area contributed by atoms with E-state index in [1.54, 1.807) is 12.3 Å². The first-order valence-electron chi connectivity index (χ1n) is 11.7. The minimum atomic E-state index is -0.506. The van der Waals surface area contributed by atoms with E-state index in [9.17, 15) is 9.18 Å². The molecule has 0 bridgehead atoms. The molecule has 1 aromatic carbocycles. The number of benzene rings is 1. The van der Waals surface area contributed by atoms with E-state index >= 15 is 0 Å². The summed E-state index contributed by atoms with van der Waals surface area (Å²) in [6.45, 7) is 5.66. The molecule has 1 heterocycles. The molecule has 1 amide bonds. The Hall–Kier alpha value is -2.69. The highest BCUT2D eigenvalue weighted by Crippen LogP contribution is 2.46. The average Bonchev–Trinajstić information content (AvgIpc) is 3.08. The SMILES string of the molecule is CC(C)(C)OC(=O)N[C@H]1C[C@H]2CCCC[C@H]2[C@@H]1/C=C/c1ccc(-c2cccc(F)c2)cn1. The number of nitrogens with one attached hydrogen (secondary N) is 1. The molecule has 32 heavy (non-hydrogen) atoms. The predicted molar refractivity (Wildman–Crippen MR) is 125 cm³/mol. The molecule has 4 nitrogen and oxygen atoms in total. The molecule has 2 aliphatic carbocycles. The number of nitrogens with zero attached hydrogens (tertiary/aromatic N) is 1. The van der Waals surface area contributed by atoms with Crippen molar-refractivity contribution in [2.24, 2.45) is 17.8 Å². The van der Waals surface area contributed by atoms with Crippen molar-refractivity contribution in [1.29, 1.82) is 0 Å². The molecule has 4 rings (SSSR count). The third-order valence-corrected chi connectivity index (χ3v) is 6.62. The van der Waals surface area contributed by atoms with Gasteiger partial charge < -0.3 is 10.1 Å². The number of hydrogen-bond acceptors (Lipinski definition) is 3. The van der Waals surface area contributed by atoms with Crippen molar-refractivity contribution in [3.05, 3.63) is 60.2 Å². The van der Waals surface area contributed by atoms with Gasteiger partial charge in [0.25, 0.3) is 0 Å². The maximum atomic E-state index is 13.5. The van der Waals surface area contributed by atoms with Crippen molar-refractivity contribution in [3.63, 3.8) is 0 Å². The van der Waals surface area contributed by atoms with Crippen LogP contribution in [0.5, 0.6) is 0 Å². The fourth-order valence-electron chi connectivity index (χ4n) is 5.26. The zero-order valence-electron chi connectivity index (χ0n) is 19.2. The Morgan fingerprint density at radius 1 is 1.16 bits per heavy atom. The fraction of sp³-hybridized carbons (Fsp3) is 0.481. The summed E-state index contributed by atoms with van der Waals surface area (Å²) in [5, 5.41) is 3.15. The molecule has 0 aliphatic heterocycles. The fourth-order valence-corrected chi connectivity index (χ4v) is 5.26. The smallest absolute Gasteiger partial charge is 0.407 e. The molecule has 2 aromatic rings. The molecule has 0 spiro atoms. The second-order valence-electron chi connectivity index (χ2n) is 10.1. The van der Waals surface area contributed by atoms with Crippen molar-refractivity contribution >= 4 is 12.2 Å². The zero-order chi connectivity index (χ0) is 22.7. The first-order valence-corrected chi connectivity index (χ1v) is 11.7. The molecule has 0 radical (unpaired) electrons. The van der Waals surface area contributed by atoms with Crippen LogP contribution in [0, 0.1) is 23.6 Å². The van der Waals surface area contributed by atoms with Gasteiger partial charge in [0.05, 0.1) is 5.69 Å². The number of pyridine rings is 1. The topological polar surface area (TPSA) is 51.2 Å². The Morgan fingerprint density at radius 3 is 2.69 bits per heavy atom. The number of rotatable bonds is 4. The summed E-state index contributed by atoms with van der Waals surface area (Å²) < 4.78 is 19.0. The molecule has 2 fully saturated rings. The van der Waals surface area contributed by atoms with Crippen molar-refractivity contribution in [2.75, 3.05) is 0 Å². The number of ether oxygens (including phenoxy) is 1. The molecule has 0 unspecified atom stereocenters. The van der Waals surface area contributed by atoms with E-state index in [1.807, 2.05) is 39.0 Å². The highest BCUT2D eigenvalue weighted by Gasteiger charge is 2.43. The van der Waals surface area contributed by atoms with E-state index in [4.69, 9.17) is 4.74 Å². The van der Waals surface area contributed by atoms with E-state index in [2.05, 4.69) is 22.5 Å². The van der Waals surface area contributed by atoms with Gasteiger partial charge in [-0.2, -0.15) is 0 Å². The number of aromatic nitrogens is 1. The van der Waals surface area contributed by atoms with Gasteiger partial charge in [-0.25, -0.2) is 9.18 Å². The molecule has 0 saturated heterocycles. The van der Waals surface area contributed by atoms with E-state index < -0.39 is 5.60 Å². The maximum Gasteiger partial charge on any atom is 0.407 e. The zero-order valence-corrected chi connectivity index (χ0v) is 19.2. The second-order valence-corrected chi connectivity index (χ2v) is 10.1. The summed E-state index contributed by atoms with van der Waals surface area (Å²) in [5.41, 5.74) is 2.06. The molecule has 1 N–H and O–H groups in total. The monoisotopic (exact) mass is 436 g/mol. The van der Waals surface area contributed by atoms with Crippen LogP contribution in [0.2, 0.25) is 0 Å². The number of carbonyl (C=O) groups is 1. The van der Waals surface area contributed by atoms with Crippen LogP contribution in [0.4, 0.5) is 9.18 Å². The van der Waals surface area contributed by atoms with Crippen LogP contribution in [-0.4, -0.2) is 22.7 Å². The summed E-state index contributed by atoms with van der Waals surface area (Å²) in [6, 6.07) is 10.6. The minimum Gasteiger partial charge on any atom is -0.444 e. The average molecular weight is 437 g/mol. The standard InChI is InChI=1S/C27H33FN2O2/c1-27(2,3)32-26(31)30-25-16-19-7-4-5-10-23(19)24(25)14-13-22-12-11-20(17-29-22)18-8-6-9-21(28)15-18/h6,8-9,11-15,17,19,23-25H,4-5,7,10,16H2,1-3H3,(H,30,31)/b14-13+/t19-,23-,24+,25+/m1/s1. The summed E-state index contributed by atoms with van der Waals surface area (Å²) in [7, 11) is 0. The lowest BCUT2D eigenvalue weighted by molar-refractivity contribution is 0.0495. The van der Waals surface area contributed by atoms with E-state index in [1.165, 1.54) is 37.8 Å². The minimum absolute atomic E-state index is 0.0840. The maximum absolute atomic E-state index is 13.5. The highest BCUT2D eigenvalue weighted by atomic mass is 19.1. The van der Waals surface area contributed by atoms with Crippen LogP contribution >= 0.6 is 0 Å². The van der Waals surface area contributed by atoms with Gasteiger partial charge in [0, 0.05) is 23.7 Å². The Bertz CT molecular complexity index is 964. The predicted octanol–water partition coefficient (Wildman–Crippen LogP) is 6.62. The lowest BCUT2D eigenvalue weighted by Crippen LogP contribution is -2.41. The van der Waals surface area contributed by atoms with Gasteiger partial charge in [-0.1, -0.05) is 43.5 Å². The van der Waals surface area contributed by atoms with Crippen molar-refractivity contribution in [1.82, 2.24) is 10.3 Å². The van der Waals surface area contributed by atoms with Gasteiger partial charge in [0.15, 0.2) is 0 Å². The molecule has 5 heteroatoms. The summed E-state index contributed by atoms with van der Waals surface area (Å²) in [6.07, 6.45) is 11.7. The molecular formula is C27H33FN2O2. The lowest BCUT2D eigenvalue weighted by Gasteiger charge is -2.28. The third kappa shape index (κ3) is 5.56. The van der Waals surface area contributed by atoms with Gasteiger partial charge in [-0.3, -0.25) is 4.98 Å². The van der Waals surface area contributed by atoms with Crippen LogP contribution in [0.15, 0.2) is 48.7 Å². The van der Waals surface area contributed by atoms with Gasteiger partial charge in [0.2, 0.25) is 0 Å². The normalized spacial score (nSPS) is 25.5. The first kappa shape index (κ1) is 22.5. The summed E-state index contributed by atoms with van der Waals surface area (Å²) in [4.78, 5) is 17.0. The Balaban J connectivity index is 1.48. The van der Waals surface area contributed by atoms with Crippen LogP contribution < -0.4 is 5.32 Å². The van der Waals surface area contributed by atoms with Gasteiger partial charge in [-0.15, -0.1) is 0 Å². The molecule has 1 aromatic heterocycles. The lowest BCUT2D eigenvalue weighted by atomic mass is 9.78. The van der Waals surface area contributed by atoms with Gasteiger partial charge in [0.1, 0.15) is 11.4 Å². The summed E-state index contributed by atoms with van der Waals surface area (Å²) in [5.74, 6) is 1.27. The highest BCUT2D eigenvalue weighted by molar-refractivity contribution is 5.68.